The summed E-state index contributed by atoms with van der Waals surface area (Å²) in [5.41, 5.74) is 0. The Balaban J connectivity index is 1.84. The van der Waals surface area contributed by atoms with Crippen molar-refractivity contribution in [2.75, 3.05) is 0 Å². The molecule has 4 nitrogen and oxygen atoms in total. The molecule has 82 valence electrons. The fourth-order valence-electron chi connectivity index (χ4n) is 1.86. The van der Waals surface area contributed by atoms with Gasteiger partial charge in [0.05, 0.1) is 0 Å². The maximum Gasteiger partial charge on any atom is 0.365 e. The van der Waals surface area contributed by atoms with E-state index in [1.807, 2.05) is 0 Å². The second-order valence-electron chi connectivity index (χ2n) is 3.80. The van der Waals surface area contributed by atoms with Crippen LogP contribution in [0.2, 0.25) is 0 Å². The molecule has 15 heavy (non-hydrogen) atoms. The molecule has 1 saturated carbocycles. The van der Waals surface area contributed by atoms with Gasteiger partial charge in [-0.3, -0.25) is 0 Å². The van der Waals surface area contributed by atoms with Gasteiger partial charge in [-0.2, -0.15) is 0 Å². The van der Waals surface area contributed by atoms with Crippen molar-refractivity contribution >= 4 is 17.3 Å². The monoisotopic (exact) mass is 226 g/mol. The topological polar surface area (TPSA) is 62.2 Å². The summed E-state index contributed by atoms with van der Waals surface area (Å²) < 4.78 is 0. The van der Waals surface area contributed by atoms with Gasteiger partial charge in [-0.25, -0.2) is 9.78 Å². The first-order valence-electron chi connectivity index (χ1n) is 5.17. The van der Waals surface area contributed by atoms with Crippen LogP contribution in [0.4, 0.5) is 0 Å². The van der Waals surface area contributed by atoms with Gasteiger partial charge in [0.15, 0.2) is 0 Å². The summed E-state index contributed by atoms with van der Waals surface area (Å²) in [6.45, 7) is 0.746. The summed E-state index contributed by atoms with van der Waals surface area (Å²) in [4.78, 5) is 15.4. The Hall–Kier alpha value is -0.940. The number of carboxylic acids is 1. The minimum Gasteiger partial charge on any atom is -0.476 e. The van der Waals surface area contributed by atoms with Crippen molar-refractivity contribution in [2.45, 2.75) is 38.3 Å². The van der Waals surface area contributed by atoms with Crippen LogP contribution in [-0.4, -0.2) is 22.1 Å². The first kappa shape index (κ1) is 10.6. The Kier molecular flexibility index (Phi) is 3.33. The minimum absolute atomic E-state index is 0.179. The van der Waals surface area contributed by atoms with Crippen LogP contribution in [0, 0.1) is 0 Å². The van der Waals surface area contributed by atoms with Crippen molar-refractivity contribution in [3.05, 3.63) is 16.1 Å². The van der Waals surface area contributed by atoms with E-state index in [0.717, 1.165) is 11.4 Å². The van der Waals surface area contributed by atoms with Crippen LogP contribution in [0.15, 0.2) is 6.20 Å². The van der Waals surface area contributed by atoms with Crippen LogP contribution < -0.4 is 5.32 Å². The maximum atomic E-state index is 10.6. The van der Waals surface area contributed by atoms with Crippen LogP contribution in [0.1, 0.15) is 40.4 Å². The van der Waals surface area contributed by atoms with Gasteiger partial charge in [-0.15, -0.1) is 11.3 Å². The predicted molar refractivity (Wildman–Crippen MR) is 58.2 cm³/mol. The second kappa shape index (κ2) is 4.72. The highest BCUT2D eigenvalue weighted by molar-refractivity contribution is 7.13. The Morgan fingerprint density at radius 1 is 1.60 bits per heavy atom. The maximum absolute atomic E-state index is 10.6. The van der Waals surface area contributed by atoms with E-state index in [2.05, 4.69) is 10.3 Å². The van der Waals surface area contributed by atoms with Gasteiger partial charge in [0.1, 0.15) is 0 Å². The first-order valence-corrected chi connectivity index (χ1v) is 5.99. The lowest BCUT2D eigenvalue weighted by Gasteiger charge is -2.09. The molecule has 1 aliphatic carbocycles. The van der Waals surface area contributed by atoms with Crippen molar-refractivity contribution in [2.24, 2.45) is 0 Å². The zero-order chi connectivity index (χ0) is 10.7. The molecule has 0 amide bonds. The number of hydrogen-bond acceptors (Lipinski definition) is 4. The minimum atomic E-state index is -0.938. The van der Waals surface area contributed by atoms with E-state index in [1.165, 1.54) is 37.0 Å². The van der Waals surface area contributed by atoms with Crippen LogP contribution in [0.5, 0.6) is 0 Å². The average molecular weight is 226 g/mol. The van der Waals surface area contributed by atoms with E-state index in [0.29, 0.717) is 6.04 Å². The van der Waals surface area contributed by atoms with Gasteiger partial charge in [0.25, 0.3) is 0 Å². The molecular weight excluding hydrogens is 212 g/mol. The number of carbonyl (C=O) groups is 1. The van der Waals surface area contributed by atoms with Gasteiger partial charge in [0.2, 0.25) is 5.01 Å². The highest BCUT2D eigenvalue weighted by atomic mass is 32.1. The lowest BCUT2D eigenvalue weighted by atomic mass is 10.2. The van der Waals surface area contributed by atoms with Crippen LogP contribution in [0.3, 0.4) is 0 Å². The number of rotatable bonds is 4. The van der Waals surface area contributed by atoms with Crippen molar-refractivity contribution in [1.29, 1.82) is 0 Å². The summed E-state index contributed by atoms with van der Waals surface area (Å²) in [5, 5.41) is 12.3. The van der Waals surface area contributed by atoms with E-state index >= 15 is 0 Å². The Morgan fingerprint density at radius 2 is 2.33 bits per heavy atom. The zero-order valence-corrected chi connectivity index (χ0v) is 9.22. The Labute approximate surface area is 92.3 Å². The molecule has 0 aromatic carbocycles. The van der Waals surface area contributed by atoms with Gasteiger partial charge in [-0.05, 0) is 12.8 Å². The summed E-state index contributed by atoms with van der Waals surface area (Å²) in [6.07, 6.45) is 6.74. The van der Waals surface area contributed by atoms with Gasteiger partial charge in [-0.1, -0.05) is 12.8 Å². The molecule has 0 spiro atoms. The fraction of sp³-hybridized carbons (Fsp3) is 0.600. The van der Waals surface area contributed by atoms with Gasteiger partial charge < -0.3 is 10.4 Å². The molecule has 1 aromatic heterocycles. The summed E-state index contributed by atoms with van der Waals surface area (Å²) in [7, 11) is 0. The second-order valence-corrected chi connectivity index (χ2v) is 4.91. The molecule has 1 fully saturated rings. The highest BCUT2D eigenvalue weighted by Gasteiger charge is 2.15. The number of nitrogens with zero attached hydrogens (tertiary/aromatic N) is 1. The molecular formula is C10H14N2O2S. The molecule has 1 aliphatic rings. The molecule has 1 heterocycles. The standard InChI is InChI=1S/C10H14N2O2S/c13-10(14)9-12-6-8(15-9)5-11-7-3-1-2-4-7/h6-7,11H,1-5H2,(H,13,14). The molecule has 0 unspecified atom stereocenters. The summed E-state index contributed by atoms with van der Waals surface area (Å²) in [5.74, 6) is -0.938. The SMILES string of the molecule is O=C(O)c1ncc(CNC2CCCC2)s1. The molecule has 5 heteroatoms. The third-order valence-corrected chi connectivity index (χ3v) is 3.64. The number of carboxylic acid groups (broad SMARTS) is 1. The molecule has 0 bridgehead atoms. The highest BCUT2D eigenvalue weighted by Crippen LogP contribution is 2.19. The van der Waals surface area contributed by atoms with E-state index in [9.17, 15) is 4.79 Å². The van der Waals surface area contributed by atoms with E-state index in [-0.39, 0.29) is 5.01 Å². The molecule has 2 rings (SSSR count). The smallest absolute Gasteiger partial charge is 0.365 e. The number of aromatic carboxylic acids is 1. The molecule has 0 aliphatic heterocycles. The Bertz CT molecular complexity index is 345. The predicted octanol–water partition coefficient (Wildman–Crippen LogP) is 1.87. The first-order chi connectivity index (χ1) is 7.25. The number of thiazole rings is 1. The molecule has 2 N–H and O–H groups in total. The summed E-state index contributed by atoms with van der Waals surface area (Å²) >= 11 is 1.25. The third-order valence-electron chi connectivity index (χ3n) is 2.66. The van der Waals surface area contributed by atoms with Crippen molar-refractivity contribution < 1.29 is 9.90 Å². The molecule has 0 saturated heterocycles. The molecule has 0 radical (unpaired) electrons. The quantitative estimate of drug-likeness (QED) is 0.822. The lowest BCUT2D eigenvalue weighted by molar-refractivity contribution is 0.0696. The van der Waals surface area contributed by atoms with E-state index in [4.69, 9.17) is 5.11 Å². The van der Waals surface area contributed by atoms with Crippen molar-refractivity contribution in [1.82, 2.24) is 10.3 Å². The average Bonchev–Trinajstić information content (AvgIpc) is 2.86. The van der Waals surface area contributed by atoms with Crippen molar-refractivity contribution in [3.8, 4) is 0 Å². The normalized spacial score (nSPS) is 17.1. The Morgan fingerprint density at radius 3 is 2.93 bits per heavy atom. The van der Waals surface area contributed by atoms with Crippen LogP contribution in [0.25, 0.3) is 0 Å². The third kappa shape index (κ3) is 2.76. The molecule has 0 atom stereocenters. The largest absolute Gasteiger partial charge is 0.476 e. The zero-order valence-electron chi connectivity index (χ0n) is 8.40. The molecule has 1 aromatic rings. The summed E-state index contributed by atoms with van der Waals surface area (Å²) in [6, 6.07) is 0.611. The van der Waals surface area contributed by atoms with Crippen LogP contribution >= 0.6 is 11.3 Å². The number of aromatic nitrogens is 1. The van der Waals surface area contributed by atoms with Gasteiger partial charge >= 0.3 is 5.97 Å². The number of nitrogens with one attached hydrogen (secondary N) is 1. The number of hydrogen-bond donors (Lipinski definition) is 2. The van der Waals surface area contributed by atoms with E-state index < -0.39 is 5.97 Å². The van der Waals surface area contributed by atoms with Crippen molar-refractivity contribution in [3.63, 3.8) is 0 Å². The van der Waals surface area contributed by atoms with Crippen LogP contribution in [-0.2, 0) is 6.54 Å². The fourth-order valence-corrected chi connectivity index (χ4v) is 2.56. The van der Waals surface area contributed by atoms with E-state index in [1.54, 1.807) is 6.20 Å². The van der Waals surface area contributed by atoms with Gasteiger partial charge in [0, 0.05) is 23.7 Å². The lowest BCUT2D eigenvalue weighted by Crippen LogP contribution is -2.24.